The fourth-order valence-electron chi connectivity index (χ4n) is 3.50. The van der Waals surface area contributed by atoms with E-state index in [0.29, 0.717) is 17.9 Å². The molecule has 104 valence electrons. The Hall–Kier alpha value is -0.570. The quantitative estimate of drug-likeness (QED) is 0.808. The van der Waals surface area contributed by atoms with Gasteiger partial charge in [0.15, 0.2) is 0 Å². The van der Waals surface area contributed by atoms with Crippen molar-refractivity contribution in [1.29, 1.82) is 0 Å². The minimum absolute atomic E-state index is 0.265. The first-order chi connectivity index (χ1) is 8.74. The molecular formula is C15H28N2O. The van der Waals surface area contributed by atoms with Crippen molar-refractivity contribution in [1.82, 2.24) is 5.32 Å². The van der Waals surface area contributed by atoms with Crippen molar-refractivity contribution in [3.63, 3.8) is 0 Å². The molecule has 3 nitrogen and oxygen atoms in total. The fraction of sp³-hybridized carbons (Fsp3) is 0.933. The van der Waals surface area contributed by atoms with E-state index in [2.05, 4.69) is 5.32 Å². The van der Waals surface area contributed by atoms with Crippen LogP contribution in [0.15, 0.2) is 0 Å². The van der Waals surface area contributed by atoms with E-state index in [1.807, 2.05) is 0 Å². The Morgan fingerprint density at radius 2 is 1.72 bits per heavy atom. The Balaban J connectivity index is 1.61. The number of carbonyl (C=O) groups is 1. The lowest BCUT2D eigenvalue weighted by molar-refractivity contribution is -0.122. The highest BCUT2D eigenvalue weighted by atomic mass is 16.1. The third-order valence-electron chi connectivity index (χ3n) is 4.61. The predicted octanol–water partition coefficient (Wildman–Crippen LogP) is 2.59. The predicted molar refractivity (Wildman–Crippen MR) is 74.1 cm³/mol. The van der Waals surface area contributed by atoms with E-state index in [4.69, 9.17) is 5.73 Å². The maximum Gasteiger partial charge on any atom is 0.220 e. The number of rotatable bonds is 4. The summed E-state index contributed by atoms with van der Waals surface area (Å²) in [6, 6.07) is 0.360. The Morgan fingerprint density at radius 1 is 1.00 bits per heavy atom. The van der Waals surface area contributed by atoms with E-state index in [1.54, 1.807) is 0 Å². The van der Waals surface area contributed by atoms with Crippen LogP contribution in [0.3, 0.4) is 0 Å². The number of nitrogens with one attached hydrogen (secondary N) is 1. The number of nitrogens with two attached hydrogens (primary N) is 1. The largest absolute Gasteiger partial charge is 0.356 e. The van der Waals surface area contributed by atoms with Gasteiger partial charge in [-0.1, -0.05) is 25.7 Å². The first kappa shape index (κ1) is 13.9. The first-order valence-corrected chi connectivity index (χ1v) is 7.76. The first-order valence-electron chi connectivity index (χ1n) is 7.76. The average Bonchev–Trinajstić information content (AvgIpc) is 2.38. The van der Waals surface area contributed by atoms with Crippen molar-refractivity contribution in [2.24, 2.45) is 17.6 Å². The molecule has 1 amide bonds. The van der Waals surface area contributed by atoms with E-state index in [9.17, 15) is 4.79 Å². The van der Waals surface area contributed by atoms with Gasteiger partial charge in [-0.2, -0.15) is 0 Å². The molecule has 2 aliphatic carbocycles. The summed E-state index contributed by atoms with van der Waals surface area (Å²) in [4.78, 5) is 11.9. The summed E-state index contributed by atoms with van der Waals surface area (Å²) in [5, 5.41) is 3.13. The number of carbonyl (C=O) groups excluding carboxylic acids is 1. The zero-order valence-electron chi connectivity index (χ0n) is 11.5. The van der Waals surface area contributed by atoms with Gasteiger partial charge in [0, 0.05) is 19.0 Å². The molecule has 2 rings (SSSR count). The second kappa shape index (κ2) is 7.13. The van der Waals surface area contributed by atoms with Gasteiger partial charge in [-0.25, -0.2) is 0 Å². The molecule has 0 aromatic carbocycles. The molecule has 2 saturated carbocycles. The summed E-state index contributed by atoms with van der Waals surface area (Å²) in [5.74, 6) is 1.53. The molecule has 0 aromatic heterocycles. The summed E-state index contributed by atoms with van der Waals surface area (Å²) in [6.07, 6.45) is 11.9. The van der Waals surface area contributed by atoms with Crippen molar-refractivity contribution < 1.29 is 4.79 Å². The van der Waals surface area contributed by atoms with Gasteiger partial charge in [0.1, 0.15) is 0 Å². The molecule has 0 radical (unpaired) electrons. The van der Waals surface area contributed by atoms with Gasteiger partial charge in [-0.3, -0.25) is 4.79 Å². The van der Waals surface area contributed by atoms with E-state index in [0.717, 1.165) is 25.8 Å². The lowest BCUT2D eigenvalue weighted by atomic mass is 9.85. The van der Waals surface area contributed by atoms with Crippen LogP contribution in [0.5, 0.6) is 0 Å². The zero-order chi connectivity index (χ0) is 12.8. The van der Waals surface area contributed by atoms with Crippen LogP contribution in [0.1, 0.15) is 64.2 Å². The Kier molecular flexibility index (Phi) is 5.48. The fourth-order valence-corrected chi connectivity index (χ4v) is 3.50. The molecule has 2 unspecified atom stereocenters. The molecule has 2 atom stereocenters. The van der Waals surface area contributed by atoms with Crippen LogP contribution in [0.4, 0.5) is 0 Å². The lowest BCUT2D eigenvalue weighted by Gasteiger charge is -2.27. The molecule has 2 fully saturated rings. The highest BCUT2D eigenvalue weighted by Crippen LogP contribution is 2.26. The number of hydrogen-bond donors (Lipinski definition) is 2. The van der Waals surface area contributed by atoms with Crippen LogP contribution in [0.2, 0.25) is 0 Å². The van der Waals surface area contributed by atoms with Crippen molar-refractivity contribution in [3.8, 4) is 0 Å². The monoisotopic (exact) mass is 252 g/mol. The SMILES string of the molecule is NC1CCCC(CNC(=O)CC2CCCCC2)C1. The Labute approximate surface area is 111 Å². The van der Waals surface area contributed by atoms with Crippen LogP contribution in [-0.2, 0) is 4.79 Å². The maximum atomic E-state index is 11.9. The standard InChI is InChI=1S/C15H28N2O/c16-14-8-4-7-13(9-14)11-17-15(18)10-12-5-2-1-3-6-12/h12-14H,1-11,16H2,(H,17,18). The minimum atomic E-state index is 0.265. The smallest absolute Gasteiger partial charge is 0.220 e. The molecule has 3 heteroatoms. The summed E-state index contributed by atoms with van der Waals surface area (Å²) >= 11 is 0. The van der Waals surface area contributed by atoms with Crippen LogP contribution < -0.4 is 11.1 Å². The van der Waals surface area contributed by atoms with Crippen LogP contribution in [0, 0.1) is 11.8 Å². The molecule has 0 saturated heterocycles. The van der Waals surface area contributed by atoms with Crippen LogP contribution in [0.25, 0.3) is 0 Å². The molecule has 0 spiro atoms. The van der Waals surface area contributed by atoms with Crippen molar-refractivity contribution >= 4 is 5.91 Å². The second-order valence-electron chi connectivity index (χ2n) is 6.30. The van der Waals surface area contributed by atoms with Crippen molar-refractivity contribution in [2.75, 3.05) is 6.54 Å². The summed E-state index contributed by atoms with van der Waals surface area (Å²) in [7, 11) is 0. The topological polar surface area (TPSA) is 55.1 Å². The Bertz CT molecular complexity index is 261. The van der Waals surface area contributed by atoms with E-state index in [-0.39, 0.29) is 5.91 Å². The van der Waals surface area contributed by atoms with Gasteiger partial charge in [-0.15, -0.1) is 0 Å². The summed E-state index contributed by atoms with van der Waals surface area (Å²) < 4.78 is 0. The minimum Gasteiger partial charge on any atom is -0.356 e. The highest BCUT2D eigenvalue weighted by molar-refractivity contribution is 5.76. The lowest BCUT2D eigenvalue weighted by Crippen LogP contribution is -2.36. The number of amides is 1. The van der Waals surface area contributed by atoms with Crippen LogP contribution in [-0.4, -0.2) is 18.5 Å². The zero-order valence-corrected chi connectivity index (χ0v) is 11.5. The molecule has 0 aromatic rings. The average molecular weight is 252 g/mol. The van der Waals surface area contributed by atoms with E-state index >= 15 is 0 Å². The van der Waals surface area contributed by atoms with Gasteiger partial charge < -0.3 is 11.1 Å². The summed E-state index contributed by atoms with van der Waals surface area (Å²) in [6.45, 7) is 0.846. The molecule has 3 N–H and O–H groups in total. The normalized spacial score (nSPS) is 30.1. The van der Waals surface area contributed by atoms with Gasteiger partial charge in [0.05, 0.1) is 0 Å². The third-order valence-corrected chi connectivity index (χ3v) is 4.61. The van der Waals surface area contributed by atoms with Crippen LogP contribution >= 0.6 is 0 Å². The Morgan fingerprint density at radius 3 is 2.44 bits per heavy atom. The van der Waals surface area contributed by atoms with E-state index in [1.165, 1.54) is 44.9 Å². The van der Waals surface area contributed by atoms with Gasteiger partial charge in [0.25, 0.3) is 0 Å². The molecule has 2 aliphatic rings. The molecule has 0 aliphatic heterocycles. The third kappa shape index (κ3) is 4.60. The number of hydrogen-bond acceptors (Lipinski definition) is 2. The van der Waals surface area contributed by atoms with Crippen molar-refractivity contribution in [3.05, 3.63) is 0 Å². The van der Waals surface area contributed by atoms with E-state index < -0.39 is 0 Å². The molecule has 18 heavy (non-hydrogen) atoms. The van der Waals surface area contributed by atoms with Gasteiger partial charge >= 0.3 is 0 Å². The highest BCUT2D eigenvalue weighted by Gasteiger charge is 2.21. The maximum absolute atomic E-state index is 11.9. The summed E-state index contributed by atoms with van der Waals surface area (Å²) in [5.41, 5.74) is 5.97. The van der Waals surface area contributed by atoms with Gasteiger partial charge in [0.2, 0.25) is 5.91 Å². The molecule has 0 heterocycles. The van der Waals surface area contributed by atoms with Gasteiger partial charge in [-0.05, 0) is 43.9 Å². The van der Waals surface area contributed by atoms with Crippen molar-refractivity contribution in [2.45, 2.75) is 70.3 Å². The molecule has 0 bridgehead atoms. The second-order valence-corrected chi connectivity index (χ2v) is 6.30. The molecular weight excluding hydrogens is 224 g/mol.